The van der Waals surface area contributed by atoms with Crippen molar-refractivity contribution in [1.29, 1.82) is 0 Å². The summed E-state index contributed by atoms with van der Waals surface area (Å²) in [4.78, 5) is 4.24. The van der Waals surface area contributed by atoms with Crippen molar-refractivity contribution in [1.82, 2.24) is 14.9 Å². The maximum Gasteiger partial charge on any atom is 0.105 e. The molecule has 4 nitrogen and oxygen atoms in total. The molecule has 0 spiro atoms. The lowest BCUT2D eigenvalue weighted by Gasteiger charge is -2.20. The summed E-state index contributed by atoms with van der Waals surface area (Å²) in [6, 6.07) is 0.470. The highest BCUT2D eigenvalue weighted by atomic mass is 16.5. The van der Waals surface area contributed by atoms with Gasteiger partial charge in [-0.15, -0.1) is 0 Å². The molecule has 1 atom stereocenters. The van der Waals surface area contributed by atoms with Gasteiger partial charge in [-0.3, -0.25) is 0 Å². The number of methoxy groups -OCH3 is 1. The third-order valence-corrected chi connectivity index (χ3v) is 3.63. The lowest BCUT2D eigenvalue weighted by molar-refractivity contribution is 0.137. The van der Waals surface area contributed by atoms with E-state index in [2.05, 4.69) is 21.8 Å². The van der Waals surface area contributed by atoms with E-state index in [-0.39, 0.29) is 0 Å². The van der Waals surface area contributed by atoms with E-state index in [0.29, 0.717) is 11.5 Å². The lowest BCUT2D eigenvalue weighted by atomic mass is 10.1. The molecule has 0 aromatic carbocycles. The Bertz CT molecular complexity index is 357. The van der Waals surface area contributed by atoms with Crippen LogP contribution in [-0.2, 0) is 11.3 Å². The van der Waals surface area contributed by atoms with Crippen molar-refractivity contribution in [3.8, 4) is 0 Å². The quantitative estimate of drug-likeness (QED) is 0.783. The van der Waals surface area contributed by atoms with Gasteiger partial charge in [0.1, 0.15) is 5.82 Å². The molecular formula is C13H23N3O. The van der Waals surface area contributed by atoms with Crippen molar-refractivity contribution in [3.63, 3.8) is 0 Å². The van der Waals surface area contributed by atoms with Gasteiger partial charge >= 0.3 is 0 Å². The van der Waals surface area contributed by atoms with Gasteiger partial charge in [0.05, 0.1) is 6.61 Å². The van der Waals surface area contributed by atoms with Gasteiger partial charge in [0, 0.05) is 44.0 Å². The molecule has 1 aliphatic rings. The van der Waals surface area contributed by atoms with E-state index >= 15 is 0 Å². The monoisotopic (exact) mass is 237 g/mol. The molecular weight excluding hydrogens is 214 g/mol. The van der Waals surface area contributed by atoms with Crippen LogP contribution in [0.4, 0.5) is 0 Å². The van der Waals surface area contributed by atoms with E-state index in [1.165, 1.54) is 12.8 Å². The fourth-order valence-electron chi connectivity index (χ4n) is 2.20. The Morgan fingerprint density at radius 2 is 2.35 bits per heavy atom. The van der Waals surface area contributed by atoms with Crippen LogP contribution in [0.5, 0.6) is 0 Å². The number of hydrogen-bond acceptors (Lipinski definition) is 3. The number of hydrogen-bond donors (Lipinski definition) is 1. The molecule has 0 aliphatic heterocycles. The molecule has 1 heterocycles. The molecule has 96 valence electrons. The second kappa shape index (κ2) is 5.19. The van der Waals surface area contributed by atoms with Crippen LogP contribution in [0, 0.1) is 12.3 Å². The van der Waals surface area contributed by atoms with Crippen molar-refractivity contribution < 1.29 is 4.74 Å². The summed E-state index contributed by atoms with van der Waals surface area (Å²) in [6.45, 7) is 7.20. The maximum absolute atomic E-state index is 5.27. The Balaban J connectivity index is 1.75. The Morgan fingerprint density at radius 3 is 2.88 bits per heavy atom. The Hall–Kier alpha value is -0.870. The predicted octanol–water partition coefficient (Wildman–Crippen LogP) is 1.60. The number of ether oxygens (including phenoxy) is 1. The molecule has 1 fully saturated rings. The molecule has 0 radical (unpaired) electrons. The second-order valence-corrected chi connectivity index (χ2v) is 5.34. The molecule has 1 aromatic heterocycles. The molecule has 0 bridgehead atoms. The molecule has 1 unspecified atom stereocenters. The van der Waals surface area contributed by atoms with E-state index in [9.17, 15) is 0 Å². The third-order valence-electron chi connectivity index (χ3n) is 3.63. The maximum atomic E-state index is 5.27. The summed E-state index contributed by atoms with van der Waals surface area (Å²) in [5.74, 6) is 1.08. The van der Waals surface area contributed by atoms with Gasteiger partial charge in [0.2, 0.25) is 0 Å². The van der Waals surface area contributed by atoms with Crippen molar-refractivity contribution in [2.24, 2.45) is 5.41 Å². The summed E-state index contributed by atoms with van der Waals surface area (Å²) in [5.41, 5.74) is 0.424. The van der Waals surface area contributed by atoms with Gasteiger partial charge in [-0.1, -0.05) is 0 Å². The Kier molecular flexibility index (Phi) is 3.84. The highest BCUT2D eigenvalue weighted by Gasteiger charge is 2.42. The highest BCUT2D eigenvalue weighted by Crippen LogP contribution is 2.45. The average molecular weight is 237 g/mol. The van der Waals surface area contributed by atoms with Crippen LogP contribution >= 0.6 is 0 Å². The zero-order valence-electron chi connectivity index (χ0n) is 11.1. The van der Waals surface area contributed by atoms with Crippen molar-refractivity contribution in [2.75, 3.05) is 20.3 Å². The number of nitrogens with one attached hydrogen (secondary N) is 1. The number of nitrogens with zero attached hydrogens (tertiary/aromatic N) is 2. The zero-order chi connectivity index (χ0) is 12.3. The van der Waals surface area contributed by atoms with Gasteiger partial charge in [-0.05, 0) is 26.7 Å². The van der Waals surface area contributed by atoms with Crippen LogP contribution in [0.15, 0.2) is 12.4 Å². The molecule has 17 heavy (non-hydrogen) atoms. The molecule has 4 heteroatoms. The van der Waals surface area contributed by atoms with Crippen LogP contribution in [0.2, 0.25) is 0 Å². The van der Waals surface area contributed by atoms with Crippen LogP contribution in [0.1, 0.15) is 25.6 Å². The van der Waals surface area contributed by atoms with Gasteiger partial charge in [-0.2, -0.15) is 0 Å². The molecule has 0 saturated heterocycles. The zero-order valence-corrected chi connectivity index (χ0v) is 11.1. The van der Waals surface area contributed by atoms with Gasteiger partial charge < -0.3 is 14.6 Å². The Morgan fingerprint density at radius 1 is 1.59 bits per heavy atom. The van der Waals surface area contributed by atoms with Gasteiger partial charge in [0.25, 0.3) is 0 Å². The van der Waals surface area contributed by atoms with Crippen LogP contribution in [0.3, 0.4) is 0 Å². The lowest BCUT2D eigenvalue weighted by Crippen LogP contribution is -2.36. The topological polar surface area (TPSA) is 39.1 Å². The van der Waals surface area contributed by atoms with Crippen molar-refractivity contribution >= 4 is 0 Å². The SMILES string of the molecule is COCC1(CNC(C)Cn2ccnc2C)CC1. The first kappa shape index (κ1) is 12.6. The van der Waals surface area contributed by atoms with Crippen LogP contribution in [-0.4, -0.2) is 35.9 Å². The van der Waals surface area contributed by atoms with E-state index in [0.717, 1.165) is 25.5 Å². The van der Waals surface area contributed by atoms with E-state index in [1.54, 1.807) is 7.11 Å². The number of aromatic nitrogens is 2. The third kappa shape index (κ3) is 3.30. The highest BCUT2D eigenvalue weighted by molar-refractivity contribution is 4.95. The second-order valence-electron chi connectivity index (χ2n) is 5.34. The molecule has 1 aliphatic carbocycles. The smallest absolute Gasteiger partial charge is 0.105 e. The number of rotatable bonds is 7. The fraction of sp³-hybridized carbons (Fsp3) is 0.769. The molecule has 0 amide bonds. The first-order valence-corrected chi connectivity index (χ1v) is 6.35. The van der Waals surface area contributed by atoms with E-state index < -0.39 is 0 Å². The minimum atomic E-state index is 0.424. The molecule has 1 saturated carbocycles. The largest absolute Gasteiger partial charge is 0.384 e. The first-order chi connectivity index (χ1) is 8.15. The normalized spacial score (nSPS) is 19.2. The van der Waals surface area contributed by atoms with E-state index in [4.69, 9.17) is 4.74 Å². The van der Waals surface area contributed by atoms with E-state index in [1.807, 2.05) is 19.3 Å². The van der Waals surface area contributed by atoms with Crippen molar-refractivity contribution in [3.05, 3.63) is 18.2 Å². The van der Waals surface area contributed by atoms with Crippen LogP contribution < -0.4 is 5.32 Å². The summed E-state index contributed by atoms with van der Waals surface area (Å²) in [6.07, 6.45) is 6.49. The van der Waals surface area contributed by atoms with Crippen molar-refractivity contribution in [2.45, 2.75) is 39.3 Å². The molecule has 2 rings (SSSR count). The summed E-state index contributed by atoms with van der Waals surface area (Å²) in [5, 5.41) is 3.61. The fourth-order valence-corrected chi connectivity index (χ4v) is 2.20. The summed E-state index contributed by atoms with van der Waals surface area (Å²) >= 11 is 0. The summed E-state index contributed by atoms with van der Waals surface area (Å²) in [7, 11) is 1.79. The average Bonchev–Trinajstić information content (AvgIpc) is 2.95. The minimum absolute atomic E-state index is 0.424. The van der Waals surface area contributed by atoms with Gasteiger partial charge in [-0.25, -0.2) is 4.98 Å². The van der Waals surface area contributed by atoms with Gasteiger partial charge in [0.15, 0.2) is 0 Å². The molecule has 1 aromatic rings. The predicted molar refractivity (Wildman–Crippen MR) is 68.0 cm³/mol. The summed E-state index contributed by atoms with van der Waals surface area (Å²) < 4.78 is 7.46. The number of imidazole rings is 1. The minimum Gasteiger partial charge on any atom is -0.384 e. The first-order valence-electron chi connectivity index (χ1n) is 6.35. The molecule has 1 N–H and O–H groups in total. The Labute approximate surface area is 103 Å². The number of aryl methyl sites for hydroxylation is 1. The standard InChI is InChI=1S/C13H23N3O/c1-11(8-16-7-6-14-12(16)2)15-9-13(4-5-13)10-17-3/h6-7,11,15H,4-5,8-10H2,1-3H3. The van der Waals surface area contributed by atoms with Crippen LogP contribution in [0.25, 0.3) is 0 Å².